The number of benzene rings is 2. The highest BCUT2D eigenvalue weighted by atomic mass is 19.1. The lowest BCUT2D eigenvalue weighted by Crippen LogP contribution is -2.21. The molecule has 1 amide bonds. The van der Waals surface area contributed by atoms with Gasteiger partial charge in [-0.3, -0.25) is 14.4 Å². The molecule has 37 heavy (non-hydrogen) atoms. The molecule has 9 heteroatoms. The van der Waals surface area contributed by atoms with Gasteiger partial charge in [0.05, 0.1) is 18.4 Å². The smallest absolute Gasteiger partial charge is 0.255 e. The molecule has 1 fully saturated rings. The molecule has 0 saturated carbocycles. The number of alkyl halides is 1. The van der Waals surface area contributed by atoms with Gasteiger partial charge in [0, 0.05) is 37.4 Å². The van der Waals surface area contributed by atoms with E-state index in [0.717, 1.165) is 35.3 Å². The van der Waals surface area contributed by atoms with Crippen LogP contribution in [0.4, 0.5) is 15.9 Å². The maximum atomic E-state index is 13.5. The summed E-state index contributed by atoms with van der Waals surface area (Å²) in [6, 6.07) is 13.4. The van der Waals surface area contributed by atoms with E-state index in [1.54, 1.807) is 6.20 Å². The molecule has 0 aliphatic carbocycles. The van der Waals surface area contributed by atoms with Gasteiger partial charge < -0.3 is 10.6 Å². The van der Waals surface area contributed by atoms with Crippen LogP contribution in [0.15, 0.2) is 54.9 Å². The summed E-state index contributed by atoms with van der Waals surface area (Å²) >= 11 is 0. The molecule has 2 atom stereocenters. The Morgan fingerprint density at radius 2 is 2.11 bits per heavy atom. The second-order valence-electron chi connectivity index (χ2n) is 9.66. The minimum Gasteiger partial charge on any atom is -0.362 e. The van der Waals surface area contributed by atoms with Crippen LogP contribution in [0.25, 0.3) is 11.2 Å². The summed E-state index contributed by atoms with van der Waals surface area (Å²) in [5.41, 5.74) is 5.83. The van der Waals surface area contributed by atoms with Crippen molar-refractivity contribution in [3.8, 4) is 0 Å². The Kier molecular flexibility index (Phi) is 7.14. The maximum absolute atomic E-state index is 13.5. The number of aryl methyl sites for hydroxylation is 2. The summed E-state index contributed by atoms with van der Waals surface area (Å²) in [6.45, 7) is 8.78. The van der Waals surface area contributed by atoms with Crippen molar-refractivity contribution in [2.75, 3.05) is 23.7 Å². The molecule has 2 N–H and O–H groups in total. The number of aromatic nitrogens is 4. The molecule has 1 aliphatic rings. The van der Waals surface area contributed by atoms with Crippen molar-refractivity contribution >= 4 is 28.6 Å². The topological polar surface area (TPSA) is 88.0 Å². The number of nitrogens with one attached hydrogen (secondary N) is 2. The predicted octanol–water partition coefficient (Wildman–Crippen LogP) is 5.12. The van der Waals surface area contributed by atoms with E-state index < -0.39 is 6.17 Å². The molecular formula is C28H32FN7O. The van der Waals surface area contributed by atoms with Gasteiger partial charge in [-0.1, -0.05) is 18.2 Å². The number of amides is 1. The molecule has 192 valence electrons. The molecule has 0 bridgehead atoms. The fourth-order valence-electron chi connectivity index (χ4n) is 4.66. The van der Waals surface area contributed by atoms with Gasteiger partial charge in [-0.05, 0) is 68.1 Å². The number of anilines is 2. The first kappa shape index (κ1) is 24.8. The van der Waals surface area contributed by atoms with E-state index in [1.165, 1.54) is 0 Å². The fourth-order valence-corrected chi connectivity index (χ4v) is 4.66. The van der Waals surface area contributed by atoms with Crippen LogP contribution in [0.3, 0.4) is 0 Å². The molecule has 4 aromatic rings. The van der Waals surface area contributed by atoms with Gasteiger partial charge >= 0.3 is 0 Å². The number of carbonyl (C=O) groups is 1. The SMILES string of the molecule is CCn1cc2ncc(N[C@@H](C)c3cccc(NC(=O)c4ccc(CN5CC[C@@H](F)C5)c(C)c4)c3)nc2n1. The lowest BCUT2D eigenvalue weighted by molar-refractivity contribution is 0.102. The van der Waals surface area contributed by atoms with Crippen LogP contribution in [0.2, 0.25) is 0 Å². The number of fused-ring (bicyclic) bond motifs is 1. The molecule has 3 heterocycles. The van der Waals surface area contributed by atoms with Crippen molar-refractivity contribution in [1.82, 2.24) is 24.6 Å². The zero-order chi connectivity index (χ0) is 25.9. The van der Waals surface area contributed by atoms with Crippen molar-refractivity contribution in [3.63, 3.8) is 0 Å². The first-order chi connectivity index (χ1) is 17.9. The van der Waals surface area contributed by atoms with Gasteiger partial charge in [-0.2, -0.15) is 5.10 Å². The standard InChI is InChI=1S/C28H32FN7O/c1-4-36-17-25-27(34-36)33-26(14-30-25)31-19(3)20-6-5-7-24(13-20)32-28(37)21-8-9-22(18(2)12-21)15-35-11-10-23(29)16-35/h5-9,12-14,17,19,23H,4,10-11,15-16H2,1-3H3,(H,32,37)(H,31,33,34)/t19-,23+/m0/s1. The predicted molar refractivity (Wildman–Crippen MR) is 143 cm³/mol. The average Bonchev–Trinajstić information content (AvgIpc) is 3.50. The summed E-state index contributed by atoms with van der Waals surface area (Å²) in [5.74, 6) is 0.475. The first-order valence-electron chi connectivity index (χ1n) is 12.7. The Hall–Kier alpha value is -3.85. The van der Waals surface area contributed by atoms with Crippen molar-refractivity contribution in [2.24, 2.45) is 0 Å². The highest BCUT2D eigenvalue weighted by Gasteiger charge is 2.22. The number of carbonyl (C=O) groups excluding carboxylic acids is 1. The maximum Gasteiger partial charge on any atom is 0.255 e. The van der Waals surface area contributed by atoms with E-state index in [9.17, 15) is 9.18 Å². The summed E-state index contributed by atoms with van der Waals surface area (Å²) in [6.07, 6.45) is 3.45. The van der Waals surface area contributed by atoms with Gasteiger partial charge in [-0.25, -0.2) is 14.4 Å². The molecule has 5 rings (SSSR count). The Balaban J connectivity index is 1.23. The summed E-state index contributed by atoms with van der Waals surface area (Å²) < 4.78 is 15.3. The van der Waals surface area contributed by atoms with Gasteiger partial charge in [0.25, 0.3) is 5.91 Å². The highest BCUT2D eigenvalue weighted by molar-refractivity contribution is 6.04. The second-order valence-corrected chi connectivity index (χ2v) is 9.66. The molecule has 0 unspecified atom stereocenters. The van der Waals surface area contributed by atoms with Crippen molar-refractivity contribution in [3.05, 3.63) is 77.1 Å². The van der Waals surface area contributed by atoms with Crippen molar-refractivity contribution in [1.29, 1.82) is 0 Å². The number of hydrogen-bond donors (Lipinski definition) is 2. The monoisotopic (exact) mass is 501 g/mol. The molecular weight excluding hydrogens is 469 g/mol. The van der Waals surface area contributed by atoms with E-state index in [1.807, 2.05) is 74.1 Å². The van der Waals surface area contributed by atoms with Crippen LogP contribution < -0.4 is 10.6 Å². The number of rotatable bonds is 8. The van der Waals surface area contributed by atoms with Crippen LogP contribution >= 0.6 is 0 Å². The lowest BCUT2D eigenvalue weighted by atomic mass is 10.0. The number of likely N-dealkylation sites (tertiary alicyclic amines) is 1. The highest BCUT2D eigenvalue weighted by Crippen LogP contribution is 2.23. The summed E-state index contributed by atoms with van der Waals surface area (Å²) in [5, 5.41) is 10.8. The Labute approximate surface area is 215 Å². The lowest BCUT2D eigenvalue weighted by Gasteiger charge is -2.17. The van der Waals surface area contributed by atoms with E-state index in [0.29, 0.717) is 42.2 Å². The third-order valence-electron chi connectivity index (χ3n) is 6.82. The number of halogens is 1. The normalized spacial score (nSPS) is 16.7. The van der Waals surface area contributed by atoms with Gasteiger partial charge in [-0.15, -0.1) is 0 Å². The van der Waals surface area contributed by atoms with E-state index in [4.69, 9.17) is 0 Å². The minimum atomic E-state index is -0.735. The van der Waals surface area contributed by atoms with Crippen molar-refractivity contribution in [2.45, 2.75) is 52.5 Å². The summed E-state index contributed by atoms with van der Waals surface area (Å²) in [7, 11) is 0. The van der Waals surface area contributed by atoms with E-state index in [-0.39, 0.29) is 11.9 Å². The van der Waals surface area contributed by atoms with Crippen LogP contribution in [-0.2, 0) is 13.1 Å². The number of nitrogens with zero attached hydrogens (tertiary/aromatic N) is 5. The second kappa shape index (κ2) is 10.6. The Morgan fingerprint density at radius 1 is 1.24 bits per heavy atom. The van der Waals surface area contributed by atoms with Crippen LogP contribution in [0, 0.1) is 6.92 Å². The van der Waals surface area contributed by atoms with E-state index >= 15 is 0 Å². The van der Waals surface area contributed by atoms with E-state index in [2.05, 4.69) is 30.6 Å². The molecule has 2 aromatic heterocycles. The largest absolute Gasteiger partial charge is 0.362 e. The quantitative estimate of drug-likeness (QED) is 0.348. The molecule has 1 saturated heterocycles. The molecule has 0 radical (unpaired) electrons. The molecule has 0 spiro atoms. The van der Waals surface area contributed by atoms with Gasteiger partial charge in [0.15, 0.2) is 0 Å². The Bertz CT molecular complexity index is 1420. The molecule has 2 aromatic carbocycles. The average molecular weight is 502 g/mol. The van der Waals surface area contributed by atoms with Crippen molar-refractivity contribution < 1.29 is 9.18 Å². The van der Waals surface area contributed by atoms with Crippen LogP contribution in [0.5, 0.6) is 0 Å². The number of hydrogen-bond acceptors (Lipinski definition) is 6. The fraction of sp³-hybridized carbons (Fsp3) is 0.357. The first-order valence-corrected chi connectivity index (χ1v) is 12.7. The summed E-state index contributed by atoms with van der Waals surface area (Å²) in [4.78, 5) is 24.1. The Morgan fingerprint density at radius 3 is 2.86 bits per heavy atom. The molecule has 1 aliphatic heterocycles. The van der Waals surface area contributed by atoms with Crippen LogP contribution in [-0.4, -0.2) is 49.8 Å². The minimum absolute atomic E-state index is 0.0621. The zero-order valence-electron chi connectivity index (χ0n) is 21.4. The van der Waals surface area contributed by atoms with Crippen LogP contribution in [0.1, 0.15) is 53.4 Å². The van der Waals surface area contributed by atoms with Gasteiger partial charge in [0.2, 0.25) is 5.65 Å². The third kappa shape index (κ3) is 5.77. The third-order valence-corrected chi connectivity index (χ3v) is 6.82. The zero-order valence-corrected chi connectivity index (χ0v) is 21.4. The molecule has 8 nitrogen and oxygen atoms in total. The van der Waals surface area contributed by atoms with Gasteiger partial charge in [0.1, 0.15) is 17.5 Å².